The number of halogens is 2. The van der Waals surface area contributed by atoms with Gasteiger partial charge in [-0.2, -0.15) is 5.10 Å². The summed E-state index contributed by atoms with van der Waals surface area (Å²) in [4.78, 5) is 12.2. The zero-order chi connectivity index (χ0) is 13.3. The summed E-state index contributed by atoms with van der Waals surface area (Å²) in [5.74, 6) is -0.182. The minimum atomic E-state index is -0.182. The van der Waals surface area contributed by atoms with Crippen molar-refractivity contribution < 1.29 is 4.79 Å². The van der Waals surface area contributed by atoms with Gasteiger partial charge in [0.05, 0.1) is 27.5 Å². The summed E-state index contributed by atoms with van der Waals surface area (Å²) in [6.07, 6.45) is 3.20. The third kappa shape index (κ3) is 2.35. The maximum absolute atomic E-state index is 12.2. The number of hydrogen-bond donors (Lipinski definition) is 1. The first-order chi connectivity index (χ1) is 8.52. The average Bonchev–Trinajstić information content (AvgIpc) is 2.83. The highest BCUT2D eigenvalue weighted by Crippen LogP contribution is 2.29. The monoisotopic (exact) mass is 283 g/mol. The first kappa shape index (κ1) is 12.9. The number of carbonyl (C=O) groups excluding carboxylic acids is 1. The molecule has 0 spiro atoms. The Labute approximate surface area is 114 Å². The smallest absolute Gasteiger partial charge is 0.196 e. The second-order valence-electron chi connectivity index (χ2n) is 3.77. The Morgan fingerprint density at radius 3 is 2.44 bits per heavy atom. The fourth-order valence-electron chi connectivity index (χ4n) is 1.54. The van der Waals surface area contributed by atoms with Gasteiger partial charge in [0.15, 0.2) is 5.78 Å². The molecule has 0 unspecified atom stereocenters. The predicted octanol–water partition coefficient (Wildman–Crippen LogP) is 3.02. The maximum atomic E-state index is 12.2. The van der Waals surface area contributed by atoms with Crippen LogP contribution >= 0.6 is 23.2 Å². The van der Waals surface area contributed by atoms with E-state index in [-0.39, 0.29) is 21.5 Å². The van der Waals surface area contributed by atoms with E-state index in [9.17, 15) is 4.79 Å². The van der Waals surface area contributed by atoms with E-state index in [2.05, 4.69) is 5.10 Å². The lowest BCUT2D eigenvalue weighted by Crippen LogP contribution is -2.02. The molecule has 0 atom stereocenters. The van der Waals surface area contributed by atoms with Gasteiger partial charge in [0, 0.05) is 18.3 Å². The van der Waals surface area contributed by atoms with Crippen LogP contribution in [0.3, 0.4) is 0 Å². The molecule has 0 saturated carbocycles. The molecule has 0 fully saturated rings. The molecule has 1 aromatic carbocycles. The SMILES string of the molecule is CCn1cc(C(=O)c2cc(Cl)c(N)c(Cl)c2)cn1. The summed E-state index contributed by atoms with van der Waals surface area (Å²) in [5, 5.41) is 4.59. The van der Waals surface area contributed by atoms with Crippen molar-refractivity contribution >= 4 is 34.7 Å². The fraction of sp³-hybridized carbons (Fsp3) is 0.167. The van der Waals surface area contributed by atoms with Crippen LogP contribution in [0.2, 0.25) is 10.0 Å². The zero-order valence-electron chi connectivity index (χ0n) is 9.65. The quantitative estimate of drug-likeness (QED) is 0.696. The second-order valence-corrected chi connectivity index (χ2v) is 4.58. The van der Waals surface area contributed by atoms with Crippen LogP contribution in [0.4, 0.5) is 5.69 Å². The van der Waals surface area contributed by atoms with Crippen LogP contribution in [0.1, 0.15) is 22.8 Å². The van der Waals surface area contributed by atoms with Crippen LogP contribution in [-0.4, -0.2) is 15.6 Å². The van der Waals surface area contributed by atoms with Crippen molar-refractivity contribution in [3.05, 3.63) is 45.7 Å². The number of aromatic nitrogens is 2. The van der Waals surface area contributed by atoms with E-state index in [0.717, 1.165) is 0 Å². The normalized spacial score (nSPS) is 10.6. The molecule has 0 amide bonds. The summed E-state index contributed by atoms with van der Waals surface area (Å²) in [6, 6.07) is 3.02. The molecule has 0 radical (unpaired) electrons. The van der Waals surface area contributed by atoms with Gasteiger partial charge < -0.3 is 5.73 Å². The van der Waals surface area contributed by atoms with Gasteiger partial charge in [0.1, 0.15) is 0 Å². The van der Waals surface area contributed by atoms with E-state index in [0.29, 0.717) is 17.7 Å². The van der Waals surface area contributed by atoms with Gasteiger partial charge in [0.2, 0.25) is 0 Å². The van der Waals surface area contributed by atoms with E-state index in [1.807, 2.05) is 6.92 Å². The van der Waals surface area contributed by atoms with E-state index >= 15 is 0 Å². The molecule has 2 N–H and O–H groups in total. The molecule has 18 heavy (non-hydrogen) atoms. The van der Waals surface area contributed by atoms with Crippen molar-refractivity contribution in [2.75, 3.05) is 5.73 Å². The van der Waals surface area contributed by atoms with E-state index in [1.54, 1.807) is 10.9 Å². The number of nitrogens with zero attached hydrogens (tertiary/aromatic N) is 2. The Balaban J connectivity index is 2.40. The zero-order valence-corrected chi connectivity index (χ0v) is 11.2. The molecule has 0 aliphatic heterocycles. The van der Waals surface area contributed by atoms with Crippen molar-refractivity contribution in [1.82, 2.24) is 9.78 Å². The molecule has 4 nitrogen and oxygen atoms in total. The van der Waals surface area contributed by atoms with Gasteiger partial charge in [0.25, 0.3) is 0 Å². The molecular weight excluding hydrogens is 273 g/mol. The van der Waals surface area contributed by atoms with Crippen molar-refractivity contribution in [3.63, 3.8) is 0 Å². The van der Waals surface area contributed by atoms with Crippen molar-refractivity contribution in [3.8, 4) is 0 Å². The molecule has 0 aliphatic rings. The number of benzene rings is 1. The molecule has 2 rings (SSSR count). The number of carbonyl (C=O) groups is 1. The number of nitrogens with two attached hydrogens (primary N) is 1. The Hall–Kier alpha value is -1.52. The predicted molar refractivity (Wildman–Crippen MR) is 72.2 cm³/mol. The first-order valence-electron chi connectivity index (χ1n) is 5.34. The van der Waals surface area contributed by atoms with E-state index < -0.39 is 0 Å². The number of aryl methyl sites for hydroxylation is 1. The van der Waals surface area contributed by atoms with Crippen LogP contribution < -0.4 is 5.73 Å². The molecular formula is C12H11Cl2N3O. The molecule has 94 valence electrons. The van der Waals surface area contributed by atoms with Crippen LogP contribution in [0.15, 0.2) is 24.5 Å². The second kappa shape index (κ2) is 5.00. The Morgan fingerprint density at radius 1 is 1.33 bits per heavy atom. The number of hydrogen-bond acceptors (Lipinski definition) is 3. The molecule has 0 aliphatic carbocycles. The van der Waals surface area contributed by atoms with Crippen LogP contribution in [0, 0.1) is 0 Å². The highest BCUT2D eigenvalue weighted by Gasteiger charge is 2.14. The van der Waals surface area contributed by atoms with Gasteiger partial charge in [-0.25, -0.2) is 0 Å². The summed E-state index contributed by atoms with van der Waals surface area (Å²) in [6.45, 7) is 2.65. The minimum absolute atomic E-state index is 0.182. The van der Waals surface area contributed by atoms with E-state index in [1.165, 1.54) is 18.3 Å². The largest absolute Gasteiger partial charge is 0.396 e. The molecule has 1 heterocycles. The van der Waals surface area contributed by atoms with Crippen LogP contribution in [0.5, 0.6) is 0 Å². The first-order valence-corrected chi connectivity index (χ1v) is 6.10. The number of ketones is 1. The lowest BCUT2D eigenvalue weighted by Gasteiger charge is -2.04. The standard InChI is InChI=1S/C12H11Cl2N3O/c1-2-17-6-8(5-16-17)12(18)7-3-9(13)11(15)10(14)4-7/h3-6H,2,15H2,1H3. The van der Waals surface area contributed by atoms with Crippen molar-refractivity contribution in [1.29, 1.82) is 0 Å². The molecule has 6 heteroatoms. The molecule has 0 bridgehead atoms. The van der Waals surface area contributed by atoms with Crippen LogP contribution in [0.25, 0.3) is 0 Å². The summed E-state index contributed by atoms with van der Waals surface area (Å²) < 4.78 is 1.67. The third-order valence-corrected chi connectivity index (χ3v) is 3.19. The fourth-order valence-corrected chi connectivity index (χ4v) is 2.02. The van der Waals surface area contributed by atoms with Crippen molar-refractivity contribution in [2.24, 2.45) is 0 Å². The number of nitrogen functional groups attached to an aromatic ring is 1. The van der Waals surface area contributed by atoms with Crippen molar-refractivity contribution in [2.45, 2.75) is 13.5 Å². The summed E-state index contributed by atoms with van der Waals surface area (Å²) >= 11 is 11.8. The van der Waals surface area contributed by atoms with Gasteiger partial charge in [-0.15, -0.1) is 0 Å². The molecule has 1 aromatic heterocycles. The maximum Gasteiger partial charge on any atom is 0.196 e. The van der Waals surface area contributed by atoms with Gasteiger partial charge >= 0.3 is 0 Å². The minimum Gasteiger partial charge on any atom is -0.396 e. The molecule has 2 aromatic rings. The highest BCUT2D eigenvalue weighted by molar-refractivity contribution is 6.39. The number of rotatable bonds is 3. The Kier molecular flexibility index (Phi) is 3.59. The van der Waals surface area contributed by atoms with Crippen LogP contribution in [-0.2, 0) is 6.54 Å². The Morgan fingerprint density at radius 2 is 1.94 bits per heavy atom. The third-order valence-electron chi connectivity index (χ3n) is 2.56. The molecule has 0 saturated heterocycles. The topological polar surface area (TPSA) is 60.9 Å². The lowest BCUT2D eigenvalue weighted by molar-refractivity contribution is 0.103. The summed E-state index contributed by atoms with van der Waals surface area (Å²) in [7, 11) is 0. The summed E-state index contributed by atoms with van der Waals surface area (Å²) in [5.41, 5.74) is 6.79. The Bertz CT molecular complexity index is 584. The van der Waals surface area contributed by atoms with Gasteiger partial charge in [-0.1, -0.05) is 23.2 Å². The van der Waals surface area contributed by atoms with Gasteiger partial charge in [-0.3, -0.25) is 9.48 Å². The highest BCUT2D eigenvalue weighted by atomic mass is 35.5. The van der Waals surface area contributed by atoms with E-state index in [4.69, 9.17) is 28.9 Å². The average molecular weight is 284 g/mol. The number of anilines is 1. The van der Waals surface area contributed by atoms with Gasteiger partial charge in [-0.05, 0) is 19.1 Å². The lowest BCUT2D eigenvalue weighted by atomic mass is 10.1.